The van der Waals surface area contributed by atoms with Crippen LogP contribution >= 0.6 is 11.6 Å². The number of rotatable bonds is 1. The summed E-state index contributed by atoms with van der Waals surface area (Å²) in [7, 11) is 0. The molecule has 0 radical (unpaired) electrons. The Morgan fingerprint density at radius 3 is 2.93 bits per heavy atom. The zero-order valence-corrected chi connectivity index (χ0v) is 8.41. The van der Waals surface area contributed by atoms with Crippen molar-refractivity contribution in [3.05, 3.63) is 17.3 Å². The number of carbonyl (C=O) groups excluding carboxylic acids is 1. The molecule has 1 aromatic rings. The van der Waals surface area contributed by atoms with Crippen LogP contribution in [0.15, 0.2) is 6.33 Å². The van der Waals surface area contributed by atoms with Gasteiger partial charge in [0.25, 0.3) is 0 Å². The van der Waals surface area contributed by atoms with Crippen molar-refractivity contribution in [3.8, 4) is 0 Å². The van der Waals surface area contributed by atoms with E-state index in [4.69, 9.17) is 17.3 Å². The van der Waals surface area contributed by atoms with Gasteiger partial charge in [-0.2, -0.15) is 4.39 Å². The highest BCUT2D eigenvalue weighted by atomic mass is 35.5. The van der Waals surface area contributed by atoms with Crippen molar-refractivity contribution in [2.45, 2.75) is 12.5 Å². The average molecular weight is 231 g/mol. The van der Waals surface area contributed by atoms with Crippen molar-refractivity contribution in [2.24, 2.45) is 5.73 Å². The van der Waals surface area contributed by atoms with Crippen LogP contribution in [0.4, 0.5) is 10.2 Å². The van der Waals surface area contributed by atoms with Gasteiger partial charge in [-0.25, -0.2) is 9.97 Å². The molecule has 0 saturated carbocycles. The van der Waals surface area contributed by atoms with E-state index in [1.807, 2.05) is 0 Å². The monoisotopic (exact) mass is 230 g/mol. The maximum atomic E-state index is 13.5. The molecule has 7 heteroatoms. The van der Waals surface area contributed by atoms with E-state index in [9.17, 15) is 9.18 Å². The molecule has 15 heavy (non-hydrogen) atoms. The summed E-state index contributed by atoms with van der Waals surface area (Å²) >= 11 is 5.48. The van der Waals surface area contributed by atoms with Gasteiger partial charge in [0.15, 0.2) is 11.0 Å². The number of anilines is 1. The summed E-state index contributed by atoms with van der Waals surface area (Å²) in [4.78, 5) is 19.8. The number of nitrogens with two attached hydrogens (primary N) is 1. The molecule has 1 atom stereocenters. The van der Waals surface area contributed by atoms with Crippen molar-refractivity contribution >= 4 is 23.3 Å². The molecule has 1 amide bonds. The lowest BCUT2D eigenvalue weighted by Crippen LogP contribution is -2.29. The second kappa shape index (κ2) is 3.71. The first-order valence-corrected chi connectivity index (χ1v) is 4.69. The van der Waals surface area contributed by atoms with Gasteiger partial charge in [0.05, 0.1) is 0 Å². The lowest BCUT2D eigenvalue weighted by atomic mass is 10.3. The molecule has 2 rings (SSSR count). The van der Waals surface area contributed by atoms with E-state index in [1.165, 1.54) is 4.90 Å². The number of nitrogens with zero attached hydrogens (tertiary/aromatic N) is 3. The molecule has 1 aliphatic heterocycles. The Balaban J connectivity index is 2.38. The van der Waals surface area contributed by atoms with E-state index >= 15 is 0 Å². The van der Waals surface area contributed by atoms with E-state index in [-0.39, 0.29) is 35.9 Å². The largest absolute Gasteiger partial charge is 0.326 e. The third-order valence-electron chi connectivity index (χ3n) is 2.14. The molecule has 5 nitrogen and oxygen atoms in total. The van der Waals surface area contributed by atoms with Crippen LogP contribution in [0.3, 0.4) is 0 Å². The SMILES string of the molecule is NC1CC(=O)N(c2ncnc(Cl)c2F)C1. The van der Waals surface area contributed by atoms with Gasteiger partial charge in [0.1, 0.15) is 6.33 Å². The first kappa shape index (κ1) is 10.3. The summed E-state index contributed by atoms with van der Waals surface area (Å²) in [6.45, 7) is 0.253. The Morgan fingerprint density at radius 2 is 2.33 bits per heavy atom. The van der Waals surface area contributed by atoms with Crippen molar-refractivity contribution in [2.75, 3.05) is 11.4 Å². The Bertz CT molecular complexity index is 414. The van der Waals surface area contributed by atoms with Crippen LogP contribution in [0, 0.1) is 5.82 Å². The first-order chi connectivity index (χ1) is 7.09. The van der Waals surface area contributed by atoms with Gasteiger partial charge in [0, 0.05) is 19.0 Å². The molecule has 80 valence electrons. The first-order valence-electron chi connectivity index (χ1n) is 4.31. The molecular weight excluding hydrogens is 223 g/mol. The minimum atomic E-state index is -0.790. The van der Waals surface area contributed by atoms with Crippen LogP contribution in [0.5, 0.6) is 0 Å². The molecule has 0 spiro atoms. The Morgan fingerprint density at radius 1 is 1.60 bits per heavy atom. The molecule has 0 aromatic carbocycles. The van der Waals surface area contributed by atoms with Crippen molar-refractivity contribution in [1.82, 2.24) is 9.97 Å². The molecule has 0 aliphatic carbocycles. The predicted octanol–water partition coefficient (Wildman–Crippen LogP) is 0.333. The van der Waals surface area contributed by atoms with E-state index in [1.54, 1.807) is 0 Å². The molecule has 1 aromatic heterocycles. The fourth-order valence-electron chi connectivity index (χ4n) is 1.47. The van der Waals surface area contributed by atoms with Crippen LogP contribution < -0.4 is 10.6 Å². The second-order valence-corrected chi connectivity index (χ2v) is 3.63. The van der Waals surface area contributed by atoms with Crippen molar-refractivity contribution < 1.29 is 9.18 Å². The fourth-order valence-corrected chi connectivity index (χ4v) is 1.60. The highest BCUT2D eigenvalue weighted by Gasteiger charge is 2.31. The van der Waals surface area contributed by atoms with Crippen molar-refractivity contribution in [1.29, 1.82) is 0 Å². The van der Waals surface area contributed by atoms with Gasteiger partial charge < -0.3 is 5.73 Å². The summed E-state index contributed by atoms with van der Waals surface area (Å²) in [6, 6.07) is -0.286. The molecule has 1 aliphatic rings. The molecule has 0 bridgehead atoms. The van der Waals surface area contributed by atoms with E-state index < -0.39 is 5.82 Å². The molecular formula is C8H8ClFN4O. The van der Waals surface area contributed by atoms with Crippen LogP contribution in [0.25, 0.3) is 0 Å². The standard InChI is InChI=1S/C8H8ClFN4O/c9-7-6(10)8(13-3-12-7)14-2-4(11)1-5(14)15/h3-4H,1-2,11H2. The van der Waals surface area contributed by atoms with Crippen LogP contribution in [-0.4, -0.2) is 28.5 Å². The number of amides is 1. The quantitative estimate of drug-likeness (QED) is 0.706. The third kappa shape index (κ3) is 1.78. The second-order valence-electron chi connectivity index (χ2n) is 3.27. The van der Waals surface area contributed by atoms with E-state index in [0.29, 0.717) is 0 Å². The summed E-state index contributed by atoms with van der Waals surface area (Å²) in [6.07, 6.45) is 1.30. The van der Waals surface area contributed by atoms with Gasteiger partial charge in [-0.3, -0.25) is 9.69 Å². The predicted molar refractivity (Wildman–Crippen MR) is 51.9 cm³/mol. The van der Waals surface area contributed by atoms with Crippen LogP contribution in [0.1, 0.15) is 6.42 Å². The maximum Gasteiger partial charge on any atom is 0.229 e. The summed E-state index contributed by atoms with van der Waals surface area (Å²) in [5, 5.41) is -0.298. The van der Waals surface area contributed by atoms with Crippen LogP contribution in [0.2, 0.25) is 5.15 Å². The number of aromatic nitrogens is 2. The lowest BCUT2D eigenvalue weighted by Gasteiger charge is -2.15. The average Bonchev–Trinajstić information content (AvgIpc) is 2.50. The zero-order valence-electron chi connectivity index (χ0n) is 7.65. The third-order valence-corrected chi connectivity index (χ3v) is 2.40. The van der Waals surface area contributed by atoms with Gasteiger partial charge >= 0.3 is 0 Å². The Labute approximate surface area is 90.1 Å². The van der Waals surface area contributed by atoms with E-state index in [2.05, 4.69) is 9.97 Å². The topological polar surface area (TPSA) is 72.1 Å². The molecule has 2 heterocycles. The van der Waals surface area contributed by atoms with Gasteiger partial charge in [-0.05, 0) is 0 Å². The molecule has 1 unspecified atom stereocenters. The number of carbonyl (C=O) groups is 1. The van der Waals surface area contributed by atoms with E-state index in [0.717, 1.165) is 6.33 Å². The summed E-state index contributed by atoms with van der Waals surface area (Å²) in [5.41, 5.74) is 5.58. The molecule has 2 N–H and O–H groups in total. The van der Waals surface area contributed by atoms with Crippen LogP contribution in [-0.2, 0) is 4.79 Å². The minimum absolute atomic E-state index is 0.104. The van der Waals surface area contributed by atoms with Gasteiger partial charge in [-0.1, -0.05) is 11.6 Å². The smallest absolute Gasteiger partial charge is 0.229 e. The highest BCUT2D eigenvalue weighted by molar-refractivity contribution is 6.29. The minimum Gasteiger partial charge on any atom is -0.326 e. The summed E-state index contributed by atoms with van der Waals surface area (Å²) in [5.74, 6) is -1.15. The van der Waals surface area contributed by atoms with Gasteiger partial charge in [0.2, 0.25) is 11.7 Å². The van der Waals surface area contributed by atoms with Crippen molar-refractivity contribution in [3.63, 3.8) is 0 Å². The normalized spacial score (nSPS) is 21.1. The number of hydrogen-bond acceptors (Lipinski definition) is 4. The molecule has 1 fully saturated rings. The Kier molecular flexibility index (Phi) is 2.54. The zero-order chi connectivity index (χ0) is 11.0. The number of hydrogen-bond donors (Lipinski definition) is 1. The van der Waals surface area contributed by atoms with Gasteiger partial charge in [-0.15, -0.1) is 0 Å². The molecule has 1 saturated heterocycles. The maximum absolute atomic E-state index is 13.5. The highest BCUT2D eigenvalue weighted by Crippen LogP contribution is 2.24. The Hall–Kier alpha value is -1.27. The lowest BCUT2D eigenvalue weighted by molar-refractivity contribution is -0.117. The number of halogens is 2. The fraction of sp³-hybridized carbons (Fsp3) is 0.375. The summed E-state index contributed by atoms with van der Waals surface area (Å²) < 4.78 is 13.5.